The van der Waals surface area contributed by atoms with Crippen LogP contribution in [-0.2, 0) is 4.74 Å². The summed E-state index contributed by atoms with van der Waals surface area (Å²) in [5.74, 6) is 1.37. The van der Waals surface area contributed by atoms with Gasteiger partial charge in [0.05, 0.1) is 12.2 Å². The van der Waals surface area contributed by atoms with Crippen LogP contribution in [0.25, 0.3) is 0 Å². The van der Waals surface area contributed by atoms with Crippen molar-refractivity contribution in [3.05, 3.63) is 6.92 Å². The maximum absolute atomic E-state index is 5.77. The normalized spacial score (nSPS) is 54.8. The lowest BCUT2D eigenvalue weighted by molar-refractivity contribution is -0.0888. The maximum Gasteiger partial charge on any atom is 0.0949 e. The van der Waals surface area contributed by atoms with Crippen molar-refractivity contribution >= 4 is 0 Å². The first-order chi connectivity index (χ1) is 7.41. The summed E-state index contributed by atoms with van der Waals surface area (Å²) in [7, 11) is 0. The molecule has 1 heteroatoms. The van der Waals surface area contributed by atoms with Gasteiger partial charge in [0.15, 0.2) is 0 Å². The van der Waals surface area contributed by atoms with Crippen LogP contribution in [0.2, 0.25) is 0 Å². The molecule has 4 unspecified atom stereocenters. The lowest BCUT2D eigenvalue weighted by Crippen LogP contribution is -2.53. The average molecular weight is 221 g/mol. The predicted molar refractivity (Wildman–Crippen MR) is 66.0 cm³/mol. The van der Waals surface area contributed by atoms with Gasteiger partial charge in [0, 0.05) is 0 Å². The van der Waals surface area contributed by atoms with Gasteiger partial charge in [-0.05, 0) is 55.3 Å². The summed E-state index contributed by atoms with van der Waals surface area (Å²) < 4.78 is 5.77. The first-order valence-corrected chi connectivity index (χ1v) is 6.88. The highest BCUT2D eigenvalue weighted by molar-refractivity contribution is 5.14. The van der Waals surface area contributed by atoms with E-state index < -0.39 is 0 Å². The van der Waals surface area contributed by atoms with Crippen LogP contribution in [0.3, 0.4) is 0 Å². The lowest BCUT2D eigenvalue weighted by atomic mass is 9.47. The molecule has 0 aromatic carbocycles. The molecule has 1 radical (unpaired) electrons. The number of epoxide rings is 1. The topological polar surface area (TPSA) is 12.5 Å². The van der Waals surface area contributed by atoms with Gasteiger partial charge in [0.1, 0.15) is 0 Å². The van der Waals surface area contributed by atoms with Gasteiger partial charge in [0.25, 0.3) is 0 Å². The number of hydrogen-bond acceptors (Lipinski definition) is 1. The molecule has 0 N–H and O–H groups in total. The van der Waals surface area contributed by atoms with E-state index in [4.69, 9.17) is 4.74 Å². The molecule has 4 atom stereocenters. The van der Waals surface area contributed by atoms with Crippen LogP contribution in [0.1, 0.15) is 52.9 Å². The molecule has 0 bridgehead atoms. The van der Waals surface area contributed by atoms with Gasteiger partial charge < -0.3 is 4.74 Å². The van der Waals surface area contributed by atoms with E-state index in [9.17, 15) is 0 Å². The zero-order valence-electron chi connectivity index (χ0n) is 11.0. The molecule has 3 fully saturated rings. The summed E-state index contributed by atoms with van der Waals surface area (Å²) in [6.07, 6.45) is 6.75. The zero-order chi connectivity index (χ0) is 11.6. The van der Waals surface area contributed by atoms with Crippen LogP contribution in [0.5, 0.6) is 0 Å². The van der Waals surface area contributed by atoms with Crippen molar-refractivity contribution in [2.45, 2.75) is 58.5 Å². The fourth-order valence-electron chi connectivity index (χ4n) is 4.91. The van der Waals surface area contributed by atoms with Crippen molar-refractivity contribution < 1.29 is 4.74 Å². The van der Waals surface area contributed by atoms with E-state index >= 15 is 0 Å². The molecule has 3 rings (SSSR count). The highest BCUT2D eigenvalue weighted by atomic mass is 16.6. The third-order valence-electron chi connectivity index (χ3n) is 6.08. The SMILES string of the molecule is [CH2]C1C2(CCC3C(C)(C)CCCC31C)CO2. The molecule has 2 saturated carbocycles. The standard InChI is InChI=1S/C15H25O/c1-11-14(4)8-5-7-13(2,3)12(14)6-9-15(11)10-16-15/h11-12H,1,5-10H2,2-4H3. The molecule has 16 heavy (non-hydrogen) atoms. The van der Waals surface area contributed by atoms with Gasteiger partial charge >= 0.3 is 0 Å². The summed E-state index contributed by atoms with van der Waals surface area (Å²) in [4.78, 5) is 0. The van der Waals surface area contributed by atoms with Crippen LogP contribution in [0.15, 0.2) is 0 Å². The van der Waals surface area contributed by atoms with Crippen LogP contribution < -0.4 is 0 Å². The quantitative estimate of drug-likeness (QED) is 0.566. The summed E-state index contributed by atoms with van der Waals surface area (Å²) in [6.45, 7) is 12.9. The first-order valence-electron chi connectivity index (χ1n) is 6.88. The molecule has 1 heterocycles. The van der Waals surface area contributed by atoms with Gasteiger partial charge in [-0.3, -0.25) is 0 Å². The summed E-state index contributed by atoms with van der Waals surface area (Å²) >= 11 is 0. The van der Waals surface area contributed by atoms with Gasteiger partial charge in [-0.1, -0.05) is 27.2 Å². The monoisotopic (exact) mass is 221 g/mol. The van der Waals surface area contributed by atoms with Crippen molar-refractivity contribution in [3.63, 3.8) is 0 Å². The van der Waals surface area contributed by atoms with Gasteiger partial charge in [0.2, 0.25) is 0 Å². The van der Waals surface area contributed by atoms with Crippen molar-refractivity contribution in [3.8, 4) is 0 Å². The van der Waals surface area contributed by atoms with Gasteiger partial charge in [-0.25, -0.2) is 0 Å². The third kappa shape index (κ3) is 1.27. The number of hydrogen-bond donors (Lipinski definition) is 0. The molecule has 0 aromatic heterocycles. The Labute approximate surface area is 99.9 Å². The van der Waals surface area contributed by atoms with Crippen molar-refractivity contribution in [1.82, 2.24) is 0 Å². The molecular formula is C15H25O. The fourth-order valence-corrected chi connectivity index (χ4v) is 4.91. The molecule has 2 aliphatic carbocycles. The Balaban J connectivity index is 1.94. The Morgan fingerprint density at radius 2 is 1.81 bits per heavy atom. The summed E-state index contributed by atoms with van der Waals surface area (Å²) in [6, 6.07) is 0. The second-order valence-electron chi connectivity index (χ2n) is 7.35. The highest BCUT2D eigenvalue weighted by Crippen LogP contribution is 2.64. The first kappa shape index (κ1) is 11.1. The van der Waals surface area contributed by atoms with E-state index in [1.165, 1.54) is 32.1 Å². The Morgan fingerprint density at radius 3 is 2.44 bits per heavy atom. The highest BCUT2D eigenvalue weighted by Gasteiger charge is 2.63. The van der Waals surface area contributed by atoms with Crippen molar-refractivity contribution in [2.75, 3.05) is 6.61 Å². The second kappa shape index (κ2) is 3.04. The Kier molecular flexibility index (Phi) is 2.11. The molecule has 1 nitrogen and oxygen atoms in total. The predicted octanol–water partition coefficient (Wildman–Crippen LogP) is 3.83. The third-order valence-corrected chi connectivity index (χ3v) is 6.08. The molecular weight excluding hydrogens is 196 g/mol. The molecule has 1 spiro atoms. The van der Waals surface area contributed by atoms with Crippen LogP contribution >= 0.6 is 0 Å². The summed E-state index contributed by atoms with van der Waals surface area (Å²) in [5, 5.41) is 0. The van der Waals surface area contributed by atoms with E-state index in [0.29, 0.717) is 16.7 Å². The molecule has 0 amide bonds. The van der Waals surface area contributed by atoms with Crippen molar-refractivity contribution in [1.29, 1.82) is 0 Å². The number of ether oxygens (including phenoxy) is 1. The molecule has 1 saturated heterocycles. The molecule has 3 aliphatic rings. The Morgan fingerprint density at radius 1 is 1.12 bits per heavy atom. The maximum atomic E-state index is 5.77. The minimum atomic E-state index is 0.193. The molecule has 0 aromatic rings. The van der Waals surface area contributed by atoms with Gasteiger partial charge in [-0.2, -0.15) is 0 Å². The van der Waals surface area contributed by atoms with E-state index in [2.05, 4.69) is 27.7 Å². The van der Waals surface area contributed by atoms with E-state index in [1.54, 1.807) is 0 Å². The zero-order valence-corrected chi connectivity index (χ0v) is 11.0. The average Bonchev–Trinajstić information content (AvgIpc) is 2.94. The second-order valence-corrected chi connectivity index (χ2v) is 7.35. The Bertz CT molecular complexity index is 303. The van der Waals surface area contributed by atoms with Crippen molar-refractivity contribution in [2.24, 2.45) is 22.7 Å². The Hall–Kier alpha value is -0.0400. The molecule has 1 aliphatic heterocycles. The summed E-state index contributed by atoms with van der Waals surface area (Å²) in [5.41, 5.74) is 1.13. The fraction of sp³-hybridized carbons (Fsp3) is 0.933. The van der Waals surface area contributed by atoms with Crippen LogP contribution in [0, 0.1) is 29.6 Å². The van der Waals surface area contributed by atoms with Crippen LogP contribution in [-0.4, -0.2) is 12.2 Å². The minimum absolute atomic E-state index is 0.193. The smallest absolute Gasteiger partial charge is 0.0949 e. The number of fused-ring (bicyclic) bond motifs is 1. The van der Waals surface area contributed by atoms with E-state index in [-0.39, 0.29) is 5.60 Å². The van der Waals surface area contributed by atoms with Gasteiger partial charge in [-0.15, -0.1) is 0 Å². The lowest BCUT2D eigenvalue weighted by Gasteiger charge is -2.58. The van der Waals surface area contributed by atoms with Crippen LogP contribution in [0.4, 0.5) is 0 Å². The largest absolute Gasteiger partial charge is 0.369 e. The van der Waals surface area contributed by atoms with E-state index in [0.717, 1.165) is 12.5 Å². The number of rotatable bonds is 0. The van der Waals surface area contributed by atoms with E-state index in [1.807, 2.05) is 0 Å². The minimum Gasteiger partial charge on any atom is -0.369 e. The molecule has 91 valence electrons.